The summed E-state index contributed by atoms with van der Waals surface area (Å²) in [6.07, 6.45) is 22.6. The Labute approximate surface area is 198 Å². The van der Waals surface area contributed by atoms with Gasteiger partial charge >= 0.3 is 5.97 Å². The lowest BCUT2D eigenvalue weighted by Crippen LogP contribution is -2.35. The minimum Gasteiger partial charge on any atom is -0.466 e. The van der Waals surface area contributed by atoms with Crippen LogP contribution in [0.2, 0.25) is 0 Å². The largest absolute Gasteiger partial charge is 0.466 e. The molecule has 2 heteroatoms. The van der Waals surface area contributed by atoms with E-state index >= 15 is 0 Å². The van der Waals surface area contributed by atoms with Crippen molar-refractivity contribution in [1.82, 2.24) is 0 Å². The zero-order chi connectivity index (χ0) is 23.4. The van der Waals surface area contributed by atoms with E-state index in [1.54, 1.807) is 11.1 Å². The molecule has 5 atom stereocenters. The van der Waals surface area contributed by atoms with Gasteiger partial charge in [0, 0.05) is 0 Å². The highest BCUT2D eigenvalue weighted by Gasteiger charge is 2.50. The third-order valence-corrected chi connectivity index (χ3v) is 9.07. The van der Waals surface area contributed by atoms with E-state index in [-0.39, 0.29) is 5.97 Å². The number of ether oxygens (including phenoxy) is 1. The highest BCUT2D eigenvalue weighted by atomic mass is 16.5. The van der Waals surface area contributed by atoms with Crippen LogP contribution in [-0.4, -0.2) is 12.6 Å². The van der Waals surface area contributed by atoms with Gasteiger partial charge in [-0.2, -0.15) is 0 Å². The molecule has 0 saturated heterocycles. The lowest BCUT2D eigenvalue weighted by molar-refractivity contribution is -0.153. The molecule has 0 bridgehead atoms. The first-order valence-corrected chi connectivity index (χ1v) is 13.4. The summed E-state index contributed by atoms with van der Waals surface area (Å²) in [5, 5.41) is 0. The molecule has 3 aliphatic rings. The molecule has 2 nitrogen and oxygen atoms in total. The molecule has 0 aliphatic heterocycles. The summed E-state index contributed by atoms with van der Waals surface area (Å²) < 4.78 is 5.25. The van der Waals surface area contributed by atoms with Gasteiger partial charge in [0.25, 0.3) is 0 Å². The average molecular weight is 441 g/mol. The van der Waals surface area contributed by atoms with Crippen LogP contribution in [0.5, 0.6) is 0 Å². The van der Waals surface area contributed by atoms with Gasteiger partial charge in [0.05, 0.1) is 12.0 Å². The molecule has 3 fully saturated rings. The monoisotopic (exact) mass is 440 g/mol. The van der Waals surface area contributed by atoms with Crippen LogP contribution in [0.4, 0.5) is 0 Å². The van der Waals surface area contributed by atoms with Gasteiger partial charge in [-0.05, 0) is 108 Å². The molecule has 180 valence electrons. The lowest BCUT2D eigenvalue weighted by Gasteiger charge is -2.44. The summed E-state index contributed by atoms with van der Waals surface area (Å²) in [4.78, 5) is 12.2. The van der Waals surface area contributed by atoms with E-state index in [0.29, 0.717) is 17.9 Å². The minimum absolute atomic E-state index is 0.0892. The standard InChI is InChI=1S/C30H48O2/c1-7-32-28(31)29(4,5)20-10-13-23(3)26-18-19-27-25(15-11-21-30(26,27)6)17-16-24-14-9-8-12-22(24)2/h10,13,16-17,22-23,26-27H,7-9,11-12,14-15,18-21H2,1-6H3/t22-,23+,26+,27-,30+/m0/s1. The second-order valence-corrected chi connectivity index (χ2v) is 11.8. The van der Waals surface area contributed by atoms with Crippen molar-refractivity contribution in [2.24, 2.45) is 34.5 Å². The van der Waals surface area contributed by atoms with E-state index in [1.165, 1.54) is 57.8 Å². The fraction of sp³-hybridized carbons (Fsp3) is 0.767. The molecule has 0 aromatic rings. The summed E-state index contributed by atoms with van der Waals surface area (Å²) in [5.74, 6) is 2.73. The predicted octanol–water partition coefficient (Wildman–Crippen LogP) is 8.44. The first-order chi connectivity index (χ1) is 15.2. The van der Waals surface area contributed by atoms with E-state index in [2.05, 4.69) is 45.1 Å². The number of esters is 1. The summed E-state index contributed by atoms with van der Waals surface area (Å²) in [7, 11) is 0. The van der Waals surface area contributed by atoms with Gasteiger partial charge in [0.15, 0.2) is 0 Å². The van der Waals surface area contributed by atoms with Crippen molar-refractivity contribution in [1.29, 1.82) is 0 Å². The van der Waals surface area contributed by atoms with Crippen molar-refractivity contribution in [2.45, 2.75) is 106 Å². The van der Waals surface area contributed by atoms with Gasteiger partial charge < -0.3 is 4.74 Å². The molecule has 0 radical (unpaired) electrons. The van der Waals surface area contributed by atoms with Crippen molar-refractivity contribution >= 4 is 5.97 Å². The van der Waals surface area contributed by atoms with Crippen LogP contribution in [-0.2, 0) is 9.53 Å². The molecular weight excluding hydrogens is 392 g/mol. The van der Waals surface area contributed by atoms with Crippen molar-refractivity contribution in [3.63, 3.8) is 0 Å². The van der Waals surface area contributed by atoms with Crippen molar-refractivity contribution in [3.8, 4) is 0 Å². The highest BCUT2D eigenvalue weighted by molar-refractivity contribution is 5.76. The second kappa shape index (κ2) is 10.7. The second-order valence-electron chi connectivity index (χ2n) is 11.8. The lowest BCUT2D eigenvalue weighted by atomic mass is 9.61. The van der Waals surface area contributed by atoms with Crippen molar-refractivity contribution in [2.75, 3.05) is 6.61 Å². The summed E-state index contributed by atoms with van der Waals surface area (Å²) >= 11 is 0. The van der Waals surface area contributed by atoms with Crippen LogP contribution in [0.3, 0.4) is 0 Å². The fourth-order valence-corrected chi connectivity index (χ4v) is 6.94. The number of fused-ring (bicyclic) bond motifs is 1. The zero-order valence-corrected chi connectivity index (χ0v) is 21.7. The molecule has 0 spiro atoms. The quantitative estimate of drug-likeness (QED) is 0.293. The molecule has 3 aliphatic carbocycles. The Morgan fingerprint density at radius 3 is 2.56 bits per heavy atom. The number of hydrogen-bond donors (Lipinski definition) is 0. The zero-order valence-electron chi connectivity index (χ0n) is 21.7. The van der Waals surface area contributed by atoms with Crippen molar-refractivity contribution in [3.05, 3.63) is 35.5 Å². The van der Waals surface area contributed by atoms with Gasteiger partial charge in [-0.15, -0.1) is 0 Å². The van der Waals surface area contributed by atoms with Crippen LogP contribution in [0.15, 0.2) is 35.5 Å². The molecule has 0 unspecified atom stereocenters. The molecule has 0 aromatic heterocycles. The summed E-state index contributed by atoms with van der Waals surface area (Å²) in [6, 6.07) is 0. The van der Waals surface area contributed by atoms with Crippen LogP contribution in [0.1, 0.15) is 106 Å². The van der Waals surface area contributed by atoms with E-state index in [1.807, 2.05) is 20.8 Å². The third kappa shape index (κ3) is 5.60. The van der Waals surface area contributed by atoms with Gasteiger partial charge in [-0.3, -0.25) is 4.79 Å². The van der Waals surface area contributed by atoms with Gasteiger partial charge in [-0.25, -0.2) is 0 Å². The maximum Gasteiger partial charge on any atom is 0.311 e. The molecule has 0 N–H and O–H groups in total. The predicted molar refractivity (Wildman–Crippen MR) is 135 cm³/mol. The van der Waals surface area contributed by atoms with E-state index < -0.39 is 5.41 Å². The smallest absolute Gasteiger partial charge is 0.311 e. The Morgan fingerprint density at radius 2 is 1.84 bits per heavy atom. The average Bonchev–Trinajstić information content (AvgIpc) is 3.10. The van der Waals surface area contributed by atoms with Gasteiger partial charge in [0.2, 0.25) is 0 Å². The highest BCUT2D eigenvalue weighted by Crippen LogP contribution is 2.59. The first-order valence-electron chi connectivity index (χ1n) is 13.4. The number of allylic oxidation sites excluding steroid dienone is 6. The number of rotatable bonds is 7. The molecule has 3 rings (SSSR count). The SMILES string of the molecule is CCOC(=O)C(C)(C)CC=C[C@@H](C)[C@H]1CC[C@H]2C(=CC=C3CCCC[C@@H]3C)CCC[C@]12C. The Hall–Kier alpha value is -1.31. The topological polar surface area (TPSA) is 26.3 Å². The van der Waals surface area contributed by atoms with E-state index in [4.69, 9.17) is 4.74 Å². The van der Waals surface area contributed by atoms with E-state index in [9.17, 15) is 4.79 Å². The van der Waals surface area contributed by atoms with E-state index in [0.717, 1.165) is 24.2 Å². The molecular formula is C30H48O2. The molecule has 32 heavy (non-hydrogen) atoms. The number of carbonyl (C=O) groups is 1. The maximum atomic E-state index is 12.2. The first kappa shape index (κ1) is 25.3. The van der Waals surface area contributed by atoms with Gasteiger partial charge in [-0.1, -0.05) is 62.6 Å². The van der Waals surface area contributed by atoms with Crippen LogP contribution in [0, 0.1) is 34.5 Å². The van der Waals surface area contributed by atoms with Crippen LogP contribution < -0.4 is 0 Å². The molecule has 0 amide bonds. The Bertz CT molecular complexity index is 740. The van der Waals surface area contributed by atoms with Crippen molar-refractivity contribution < 1.29 is 9.53 Å². The van der Waals surface area contributed by atoms with Gasteiger partial charge in [0.1, 0.15) is 0 Å². The minimum atomic E-state index is -0.446. The number of carbonyl (C=O) groups excluding carboxylic acids is 1. The van der Waals surface area contributed by atoms with Crippen LogP contribution in [0.25, 0.3) is 0 Å². The van der Waals surface area contributed by atoms with Crippen LogP contribution >= 0.6 is 0 Å². The fourth-order valence-electron chi connectivity index (χ4n) is 6.94. The third-order valence-electron chi connectivity index (χ3n) is 9.07. The summed E-state index contributed by atoms with van der Waals surface area (Å²) in [6.45, 7) is 13.7. The molecule has 0 heterocycles. The normalized spacial score (nSPS) is 34.8. The Morgan fingerprint density at radius 1 is 1.12 bits per heavy atom. The number of hydrogen-bond acceptors (Lipinski definition) is 2. The molecule has 0 aromatic carbocycles. The Balaban J connectivity index is 1.67. The Kier molecular flexibility index (Phi) is 8.50. The maximum absolute atomic E-state index is 12.2. The molecule has 3 saturated carbocycles. The summed E-state index contributed by atoms with van der Waals surface area (Å²) in [5.41, 5.74) is 3.39.